The Morgan fingerprint density at radius 3 is 1.96 bits per heavy atom. The van der Waals surface area contributed by atoms with Crippen LogP contribution in [0.4, 0.5) is 0 Å². The average Bonchev–Trinajstić information content (AvgIpc) is 2.63. The number of hydrogen-bond acceptors (Lipinski definition) is 2. The van der Waals surface area contributed by atoms with Crippen molar-refractivity contribution in [3.8, 4) is 17.6 Å². The molecule has 3 aromatic rings. The molecule has 0 aliphatic rings. The van der Waals surface area contributed by atoms with Crippen LogP contribution in [0.3, 0.4) is 0 Å². The largest absolute Gasteiger partial charge is 0.423 e. The normalized spacial score (nSPS) is 9.71. The summed E-state index contributed by atoms with van der Waals surface area (Å²) in [6, 6.07) is 24.3. The molecular weight excluding hydrogens is 296 g/mol. The van der Waals surface area contributed by atoms with E-state index in [4.69, 9.17) is 4.74 Å². The number of hydrogen-bond donors (Lipinski definition) is 0. The number of aryl methyl sites for hydroxylation is 1. The molecule has 0 aromatic heterocycles. The van der Waals surface area contributed by atoms with Crippen LogP contribution in [0.5, 0.6) is 5.75 Å². The minimum absolute atomic E-state index is 0.374. The summed E-state index contributed by atoms with van der Waals surface area (Å²) in [5.41, 5.74) is 3.43. The summed E-state index contributed by atoms with van der Waals surface area (Å²) >= 11 is 0. The van der Waals surface area contributed by atoms with E-state index in [1.54, 1.807) is 24.3 Å². The van der Waals surface area contributed by atoms with Crippen LogP contribution in [-0.2, 0) is 0 Å². The lowest BCUT2D eigenvalue weighted by atomic mass is 10.1. The first kappa shape index (κ1) is 15.6. The summed E-state index contributed by atoms with van der Waals surface area (Å²) in [6.07, 6.45) is 0. The Labute approximate surface area is 141 Å². The molecule has 0 N–H and O–H groups in total. The second-order valence-electron chi connectivity index (χ2n) is 5.40. The van der Waals surface area contributed by atoms with Crippen molar-refractivity contribution in [2.45, 2.75) is 6.92 Å². The van der Waals surface area contributed by atoms with Crippen molar-refractivity contribution in [1.29, 1.82) is 0 Å². The lowest BCUT2D eigenvalue weighted by molar-refractivity contribution is 0.0734. The third-order valence-electron chi connectivity index (χ3n) is 3.48. The molecule has 3 aromatic carbocycles. The number of esters is 1. The van der Waals surface area contributed by atoms with Gasteiger partial charge in [-0.15, -0.1) is 0 Å². The molecule has 24 heavy (non-hydrogen) atoms. The summed E-state index contributed by atoms with van der Waals surface area (Å²) < 4.78 is 5.35. The number of rotatable bonds is 2. The smallest absolute Gasteiger partial charge is 0.343 e. The highest BCUT2D eigenvalue weighted by atomic mass is 16.5. The van der Waals surface area contributed by atoms with Gasteiger partial charge in [0.1, 0.15) is 5.75 Å². The summed E-state index contributed by atoms with van der Waals surface area (Å²) in [5.74, 6) is 6.34. The Morgan fingerprint density at radius 1 is 0.750 bits per heavy atom. The van der Waals surface area contributed by atoms with Crippen molar-refractivity contribution in [2.75, 3.05) is 0 Å². The Balaban J connectivity index is 1.69. The van der Waals surface area contributed by atoms with Crippen LogP contribution < -0.4 is 4.74 Å². The fourth-order valence-electron chi connectivity index (χ4n) is 2.13. The maximum atomic E-state index is 12.1. The maximum Gasteiger partial charge on any atom is 0.343 e. The van der Waals surface area contributed by atoms with Crippen molar-refractivity contribution in [3.05, 3.63) is 101 Å². The van der Waals surface area contributed by atoms with Gasteiger partial charge in [0.25, 0.3) is 0 Å². The predicted octanol–water partition coefficient (Wildman–Crippen LogP) is 4.61. The van der Waals surface area contributed by atoms with E-state index in [2.05, 4.69) is 11.8 Å². The SMILES string of the molecule is Cc1ccc(OC(=O)c2ccc(C#Cc3ccccc3)cc2)cc1. The molecule has 0 heterocycles. The van der Waals surface area contributed by atoms with Crippen molar-refractivity contribution >= 4 is 5.97 Å². The van der Waals surface area contributed by atoms with Crippen LogP contribution >= 0.6 is 0 Å². The second kappa shape index (κ2) is 7.30. The highest BCUT2D eigenvalue weighted by Crippen LogP contribution is 2.14. The van der Waals surface area contributed by atoms with E-state index in [0.29, 0.717) is 11.3 Å². The highest BCUT2D eigenvalue weighted by Gasteiger charge is 2.07. The Bertz CT molecular complexity index is 881. The summed E-state index contributed by atoms with van der Waals surface area (Å²) in [5, 5.41) is 0. The monoisotopic (exact) mass is 312 g/mol. The van der Waals surface area contributed by atoms with Gasteiger partial charge in [-0.25, -0.2) is 4.79 Å². The Hall–Kier alpha value is -3.31. The molecule has 116 valence electrons. The molecule has 2 heteroatoms. The molecule has 0 saturated heterocycles. The van der Waals surface area contributed by atoms with Gasteiger partial charge in [-0.1, -0.05) is 47.7 Å². The molecule has 0 saturated carbocycles. The van der Waals surface area contributed by atoms with Gasteiger partial charge in [0, 0.05) is 11.1 Å². The van der Waals surface area contributed by atoms with Crippen molar-refractivity contribution in [2.24, 2.45) is 0 Å². The summed E-state index contributed by atoms with van der Waals surface area (Å²) in [7, 11) is 0. The number of carbonyl (C=O) groups excluding carboxylic acids is 1. The molecule has 0 spiro atoms. The molecule has 0 aliphatic heterocycles. The van der Waals surface area contributed by atoms with E-state index in [0.717, 1.165) is 16.7 Å². The highest BCUT2D eigenvalue weighted by molar-refractivity contribution is 5.91. The molecule has 0 atom stereocenters. The molecule has 3 rings (SSSR count). The quantitative estimate of drug-likeness (QED) is 0.392. The minimum Gasteiger partial charge on any atom is -0.423 e. The van der Waals surface area contributed by atoms with Crippen LogP contribution in [0.25, 0.3) is 0 Å². The first-order chi connectivity index (χ1) is 11.7. The van der Waals surface area contributed by atoms with Crippen LogP contribution in [0.15, 0.2) is 78.9 Å². The number of carbonyl (C=O) groups is 1. The van der Waals surface area contributed by atoms with E-state index in [9.17, 15) is 4.79 Å². The van der Waals surface area contributed by atoms with E-state index in [-0.39, 0.29) is 5.97 Å². The molecule has 0 unspecified atom stereocenters. The summed E-state index contributed by atoms with van der Waals surface area (Å²) in [6.45, 7) is 1.99. The van der Waals surface area contributed by atoms with Gasteiger partial charge in [0.15, 0.2) is 0 Å². The number of ether oxygens (including phenoxy) is 1. The number of benzene rings is 3. The first-order valence-electron chi connectivity index (χ1n) is 7.67. The van der Waals surface area contributed by atoms with Crippen molar-refractivity contribution < 1.29 is 9.53 Å². The van der Waals surface area contributed by atoms with Gasteiger partial charge in [0.05, 0.1) is 5.56 Å². The van der Waals surface area contributed by atoms with Crippen LogP contribution in [-0.4, -0.2) is 5.97 Å². The van der Waals surface area contributed by atoms with Crippen LogP contribution in [0.1, 0.15) is 27.0 Å². The fourth-order valence-corrected chi connectivity index (χ4v) is 2.13. The molecule has 0 aliphatic carbocycles. The molecule has 0 fully saturated rings. The third kappa shape index (κ3) is 4.12. The lowest BCUT2D eigenvalue weighted by Gasteiger charge is -2.04. The van der Waals surface area contributed by atoms with Crippen molar-refractivity contribution in [3.63, 3.8) is 0 Å². The van der Waals surface area contributed by atoms with E-state index >= 15 is 0 Å². The van der Waals surface area contributed by atoms with Gasteiger partial charge in [-0.05, 0) is 55.5 Å². The van der Waals surface area contributed by atoms with E-state index in [1.807, 2.05) is 61.5 Å². The third-order valence-corrected chi connectivity index (χ3v) is 3.48. The Kier molecular flexibility index (Phi) is 4.74. The zero-order chi connectivity index (χ0) is 16.8. The van der Waals surface area contributed by atoms with Gasteiger partial charge in [-0.2, -0.15) is 0 Å². The molecule has 0 radical (unpaired) electrons. The zero-order valence-electron chi connectivity index (χ0n) is 13.3. The average molecular weight is 312 g/mol. The zero-order valence-corrected chi connectivity index (χ0v) is 13.3. The molecule has 0 bridgehead atoms. The standard InChI is InChI=1S/C22H16O2/c1-17-7-15-21(16-8-17)24-22(23)20-13-11-19(12-14-20)10-9-18-5-3-2-4-6-18/h2-8,11-16H,1H3. The fraction of sp³-hybridized carbons (Fsp3) is 0.0455. The molecule has 0 amide bonds. The molecule has 2 nitrogen and oxygen atoms in total. The van der Waals surface area contributed by atoms with Crippen LogP contribution in [0, 0.1) is 18.8 Å². The summed E-state index contributed by atoms with van der Waals surface area (Å²) in [4.78, 5) is 12.1. The van der Waals surface area contributed by atoms with Gasteiger partial charge < -0.3 is 4.74 Å². The lowest BCUT2D eigenvalue weighted by Crippen LogP contribution is -2.08. The first-order valence-corrected chi connectivity index (χ1v) is 7.67. The van der Waals surface area contributed by atoms with E-state index in [1.165, 1.54) is 0 Å². The van der Waals surface area contributed by atoms with Gasteiger partial charge >= 0.3 is 5.97 Å². The predicted molar refractivity (Wildman–Crippen MR) is 95.0 cm³/mol. The van der Waals surface area contributed by atoms with E-state index < -0.39 is 0 Å². The topological polar surface area (TPSA) is 26.3 Å². The van der Waals surface area contributed by atoms with Crippen LogP contribution in [0.2, 0.25) is 0 Å². The Morgan fingerprint density at radius 2 is 1.33 bits per heavy atom. The maximum absolute atomic E-state index is 12.1. The molecular formula is C22H16O2. The van der Waals surface area contributed by atoms with Crippen molar-refractivity contribution in [1.82, 2.24) is 0 Å². The second-order valence-corrected chi connectivity index (χ2v) is 5.40. The van der Waals surface area contributed by atoms with Gasteiger partial charge in [0.2, 0.25) is 0 Å². The minimum atomic E-state index is -0.374. The van der Waals surface area contributed by atoms with Gasteiger partial charge in [-0.3, -0.25) is 0 Å².